The molecule has 0 aliphatic rings. The zero-order chi connectivity index (χ0) is 27.1. The number of unbranched alkanes of at least 4 members (excludes halogenated alkanes) is 1. The van der Waals surface area contributed by atoms with Crippen LogP contribution in [0.4, 0.5) is 0 Å². The largest absolute Gasteiger partial charge is 0.480 e. The van der Waals surface area contributed by atoms with Gasteiger partial charge in [0, 0.05) is 23.0 Å². The maximum atomic E-state index is 13.2. The lowest BCUT2D eigenvalue weighted by Gasteiger charge is -2.27. The molecule has 38 heavy (non-hydrogen) atoms. The number of nitrogens with two attached hydrogens (primary N) is 1. The lowest BCUT2D eigenvalue weighted by atomic mass is 9.95. The third kappa shape index (κ3) is 12.7. The Morgan fingerprint density at radius 3 is 1.95 bits per heavy atom. The van der Waals surface area contributed by atoms with Gasteiger partial charge in [0.2, 0.25) is 11.8 Å². The number of carboxylic acids is 1. The van der Waals surface area contributed by atoms with Crippen molar-refractivity contribution in [2.24, 2.45) is 11.1 Å². The van der Waals surface area contributed by atoms with Gasteiger partial charge in [-0.15, -0.1) is 17.0 Å². The molecule has 0 aromatic heterocycles. The van der Waals surface area contributed by atoms with E-state index in [9.17, 15) is 19.5 Å². The fraction of sp³-hybridized carbons (Fsp3) is 0.464. The van der Waals surface area contributed by atoms with Crippen molar-refractivity contribution < 1.29 is 19.5 Å². The third-order valence-corrected chi connectivity index (χ3v) is 8.34. The van der Waals surface area contributed by atoms with Crippen molar-refractivity contribution >= 4 is 58.3 Å². The molecule has 0 heterocycles. The molecule has 0 saturated carbocycles. The fourth-order valence-electron chi connectivity index (χ4n) is 3.49. The van der Waals surface area contributed by atoms with E-state index in [1.807, 2.05) is 62.4 Å². The maximum absolute atomic E-state index is 13.2. The van der Waals surface area contributed by atoms with Gasteiger partial charge < -0.3 is 21.5 Å². The minimum atomic E-state index is -1.09. The highest BCUT2D eigenvalue weighted by Crippen LogP contribution is 2.25. The molecular weight excluding hydrogens is 586 g/mol. The number of carboxylic acid groups (broad SMARTS) is 1. The first-order valence-corrected chi connectivity index (χ1v) is 14.8. The number of nitrogens with one attached hydrogen (secondary N) is 2. The highest BCUT2D eigenvalue weighted by Gasteiger charge is 2.32. The number of carbonyl (C=O) groups excluding carboxylic acids is 2. The summed E-state index contributed by atoms with van der Waals surface area (Å²) in [5.74, 6) is 0.563. The van der Waals surface area contributed by atoms with Gasteiger partial charge in [0.15, 0.2) is 0 Å². The van der Waals surface area contributed by atoms with Crippen LogP contribution in [0, 0.1) is 5.41 Å². The molecule has 0 aliphatic heterocycles. The van der Waals surface area contributed by atoms with Crippen molar-refractivity contribution in [1.82, 2.24) is 10.6 Å². The van der Waals surface area contributed by atoms with Gasteiger partial charge in [-0.2, -0.15) is 23.5 Å². The van der Waals surface area contributed by atoms with Crippen LogP contribution in [0.2, 0.25) is 0 Å². The van der Waals surface area contributed by atoms with Gasteiger partial charge in [-0.1, -0.05) is 74.5 Å². The van der Waals surface area contributed by atoms with E-state index >= 15 is 0 Å². The second-order valence-electron chi connectivity index (χ2n) is 9.57. The fourth-order valence-corrected chi connectivity index (χ4v) is 5.68. The lowest BCUT2D eigenvalue weighted by Crippen LogP contribution is -2.55. The van der Waals surface area contributed by atoms with E-state index in [2.05, 4.69) is 22.8 Å². The molecule has 210 valence electrons. The number of amides is 2. The molecule has 0 radical (unpaired) electrons. The summed E-state index contributed by atoms with van der Waals surface area (Å²) < 4.78 is 0. The molecule has 7 nitrogen and oxygen atoms in total. The predicted octanol–water partition coefficient (Wildman–Crippen LogP) is 4.64. The number of thioether (sulfide) groups is 2. The number of carbonyl (C=O) groups is 3. The summed E-state index contributed by atoms with van der Waals surface area (Å²) >= 11 is 3.19. The van der Waals surface area contributed by atoms with Crippen LogP contribution in [0.5, 0.6) is 0 Å². The molecular formula is C28H40BrN3O4S2. The van der Waals surface area contributed by atoms with Crippen LogP contribution in [-0.4, -0.2) is 53.0 Å². The summed E-state index contributed by atoms with van der Waals surface area (Å²) in [5, 5.41) is 15.1. The Balaban J connectivity index is 0.00000722. The Kier molecular flexibility index (Phi) is 16.4. The van der Waals surface area contributed by atoms with Crippen molar-refractivity contribution in [3.63, 3.8) is 0 Å². The minimum Gasteiger partial charge on any atom is -0.480 e. The summed E-state index contributed by atoms with van der Waals surface area (Å²) in [6, 6.07) is 18.0. The molecule has 0 fully saturated rings. The quantitative estimate of drug-likeness (QED) is 0.189. The first-order chi connectivity index (χ1) is 17.7. The van der Waals surface area contributed by atoms with Crippen molar-refractivity contribution in [2.45, 2.75) is 56.7 Å². The van der Waals surface area contributed by atoms with Crippen LogP contribution < -0.4 is 16.4 Å². The highest BCUT2D eigenvalue weighted by molar-refractivity contribution is 8.93. The van der Waals surface area contributed by atoms with Crippen molar-refractivity contribution in [3.05, 3.63) is 71.8 Å². The Morgan fingerprint density at radius 2 is 1.42 bits per heavy atom. The number of aliphatic carboxylic acids is 1. The Bertz CT molecular complexity index is 981. The summed E-state index contributed by atoms with van der Waals surface area (Å²) in [4.78, 5) is 38.1. The Labute approximate surface area is 245 Å². The van der Waals surface area contributed by atoms with Gasteiger partial charge in [0.05, 0.1) is 5.41 Å². The van der Waals surface area contributed by atoms with Crippen molar-refractivity contribution in [2.75, 3.05) is 18.1 Å². The standard InChI is InChI=1S/C28H39N3O4S2.BrH/c1-28(2,20-37-18-22-13-7-4-8-14-22)27(35)31-24(19-36-17-21-11-5-3-6-12-21)25(32)30-23(26(33)34)15-9-10-16-29;/h3-8,11-14,23-24H,9-10,15-20,29H2,1-2H3,(H,30,32)(H,31,35)(H,33,34);1H/t23-,24-;/m0./s1. The zero-order valence-corrected chi connectivity index (χ0v) is 25.4. The van der Waals surface area contributed by atoms with Crippen molar-refractivity contribution in [3.8, 4) is 0 Å². The number of benzene rings is 2. The molecule has 5 N–H and O–H groups in total. The van der Waals surface area contributed by atoms with E-state index in [4.69, 9.17) is 5.73 Å². The average molecular weight is 627 g/mol. The normalized spacial score (nSPS) is 12.6. The summed E-state index contributed by atoms with van der Waals surface area (Å²) in [6.07, 6.45) is 1.57. The number of rotatable bonds is 17. The maximum Gasteiger partial charge on any atom is 0.326 e. The van der Waals surface area contributed by atoms with Crippen LogP contribution in [0.1, 0.15) is 44.2 Å². The summed E-state index contributed by atoms with van der Waals surface area (Å²) in [5.41, 5.74) is 7.11. The van der Waals surface area contributed by atoms with Gasteiger partial charge >= 0.3 is 5.97 Å². The van der Waals surface area contributed by atoms with Gasteiger partial charge in [0.25, 0.3) is 0 Å². The van der Waals surface area contributed by atoms with Crippen LogP contribution in [0.15, 0.2) is 60.7 Å². The van der Waals surface area contributed by atoms with E-state index in [-0.39, 0.29) is 29.3 Å². The monoisotopic (exact) mass is 625 g/mol. The summed E-state index contributed by atoms with van der Waals surface area (Å²) in [7, 11) is 0. The van der Waals surface area contributed by atoms with E-state index in [0.717, 1.165) is 11.3 Å². The smallest absolute Gasteiger partial charge is 0.326 e. The van der Waals surface area contributed by atoms with E-state index in [1.54, 1.807) is 11.8 Å². The lowest BCUT2D eigenvalue weighted by molar-refractivity contribution is -0.142. The van der Waals surface area contributed by atoms with Crippen LogP contribution >= 0.6 is 40.5 Å². The Hall–Kier alpha value is -2.01. The topological polar surface area (TPSA) is 122 Å². The van der Waals surface area contributed by atoms with E-state index < -0.39 is 29.4 Å². The average Bonchev–Trinajstić information content (AvgIpc) is 2.88. The second-order valence-corrected chi connectivity index (χ2v) is 11.6. The summed E-state index contributed by atoms with van der Waals surface area (Å²) in [6.45, 7) is 4.19. The van der Waals surface area contributed by atoms with Gasteiger partial charge in [-0.05, 0) is 36.9 Å². The van der Waals surface area contributed by atoms with Crippen LogP contribution in [0.25, 0.3) is 0 Å². The molecule has 0 unspecified atom stereocenters. The second kappa shape index (κ2) is 18.3. The molecule has 2 aromatic rings. The predicted molar refractivity (Wildman–Crippen MR) is 164 cm³/mol. The van der Waals surface area contributed by atoms with Gasteiger partial charge in [0.1, 0.15) is 12.1 Å². The minimum absolute atomic E-state index is 0. The van der Waals surface area contributed by atoms with Crippen LogP contribution in [0.3, 0.4) is 0 Å². The van der Waals surface area contributed by atoms with Gasteiger partial charge in [-0.3, -0.25) is 9.59 Å². The first-order valence-electron chi connectivity index (χ1n) is 12.5. The van der Waals surface area contributed by atoms with Crippen LogP contribution in [-0.2, 0) is 25.9 Å². The third-order valence-electron chi connectivity index (χ3n) is 5.77. The Morgan fingerprint density at radius 1 is 0.868 bits per heavy atom. The number of halogens is 1. The number of hydrogen-bond acceptors (Lipinski definition) is 6. The number of hydrogen-bond donors (Lipinski definition) is 4. The highest BCUT2D eigenvalue weighted by atomic mass is 79.9. The SMILES string of the molecule is Br.CC(C)(CSCc1ccccc1)C(=O)N[C@@H](CSCc1ccccc1)C(=O)N[C@@H](CCCCN)C(=O)O. The van der Waals surface area contributed by atoms with E-state index in [1.165, 1.54) is 17.3 Å². The molecule has 2 amide bonds. The molecule has 0 aliphatic carbocycles. The first kappa shape index (κ1) is 34.0. The molecule has 2 rings (SSSR count). The molecule has 2 aromatic carbocycles. The molecule has 2 atom stereocenters. The molecule has 0 saturated heterocycles. The van der Waals surface area contributed by atoms with Crippen molar-refractivity contribution in [1.29, 1.82) is 0 Å². The van der Waals surface area contributed by atoms with Gasteiger partial charge in [-0.25, -0.2) is 4.79 Å². The molecule has 0 spiro atoms. The zero-order valence-electron chi connectivity index (χ0n) is 22.1. The molecule has 0 bridgehead atoms. The molecule has 10 heteroatoms. The van der Waals surface area contributed by atoms with E-state index in [0.29, 0.717) is 36.6 Å².